The first-order chi connectivity index (χ1) is 12.4. The number of urea groups is 1. The number of rotatable bonds is 7. The minimum atomic E-state index is -1.02. The van der Waals surface area contributed by atoms with E-state index in [-0.39, 0.29) is 11.9 Å². The molecule has 0 fully saturated rings. The maximum atomic E-state index is 11.6. The zero-order chi connectivity index (χ0) is 19.1. The van der Waals surface area contributed by atoms with Gasteiger partial charge in [-0.25, -0.2) is 19.6 Å². The van der Waals surface area contributed by atoms with Crippen LogP contribution in [0.5, 0.6) is 0 Å². The molecule has 0 spiro atoms. The predicted molar refractivity (Wildman–Crippen MR) is 105 cm³/mol. The topological polar surface area (TPSA) is 116 Å². The van der Waals surface area contributed by atoms with Gasteiger partial charge in [0.2, 0.25) is 0 Å². The van der Waals surface area contributed by atoms with Crippen molar-refractivity contribution in [1.82, 2.24) is 20.6 Å². The maximum Gasteiger partial charge on any atom is 0.404 e. The third kappa shape index (κ3) is 5.95. The second kappa shape index (κ2) is 9.48. The minimum Gasteiger partial charge on any atom is -0.465 e. The van der Waals surface area contributed by atoms with E-state index >= 15 is 0 Å². The van der Waals surface area contributed by atoms with Crippen LogP contribution in [0.1, 0.15) is 19.5 Å². The van der Waals surface area contributed by atoms with Gasteiger partial charge in [-0.15, -0.1) is 11.3 Å². The summed E-state index contributed by atoms with van der Waals surface area (Å²) in [5, 5.41) is 19.1. The zero-order valence-corrected chi connectivity index (χ0v) is 16.8. The van der Waals surface area contributed by atoms with Crippen molar-refractivity contribution in [3.8, 4) is 10.6 Å². The molecule has 0 aliphatic rings. The minimum absolute atomic E-state index is 0.136. The van der Waals surface area contributed by atoms with Gasteiger partial charge in [0.15, 0.2) is 0 Å². The van der Waals surface area contributed by atoms with E-state index in [1.165, 1.54) is 11.3 Å². The summed E-state index contributed by atoms with van der Waals surface area (Å²) in [6.45, 7) is 4.71. The third-order valence-electron chi connectivity index (χ3n) is 3.38. The summed E-state index contributed by atoms with van der Waals surface area (Å²) < 4.78 is 0.778. The average molecular weight is 442 g/mol. The highest BCUT2D eigenvalue weighted by atomic mass is 79.9. The summed E-state index contributed by atoms with van der Waals surface area (Å²) in [6, 6.07) is 1.45. The van der Waals surface area contributed by atoms with Gasteiger partial charge >= 0.3 is 12.1 Å². The summed E-state index contributed by atoms with van der Waals surface area (Å²) in [5.74, 6) is 0.571. The standard InChI is InChI=1S/C16H20BrN5O3S/c1-3-18-15(23)22-13-5-11(12(17)7-19-13)14-21-10(8-26-14)4-9(2)6-20-16(24)25/h5,7-9,20H,3-4,6H2,1-2H3,(H,24,25)(H2,18,19,22,23). The number of hydrogen-bond donors (Lipinski definition) is 4. The van der Waals surface area contributed by atoms with Crippen LogP contribution in [0.3, 0.4) is 0 Å². The smallest absolute Gasteiger partial charge is 0.404 e. The average Bonchev–Trinajstić information content (AvgIpc) is 3.03. The van der Waals surface area contributed by atoms with Gasteiger partial charge in [-0.3, -0.25) is 5.32 Å². The van der Waals surface area contributed by atoms with E-state index in [1.54, 1.807) is 12.3 Å². The molecule has 2 aromatic heterocycles. The molecule has 4 N–H and O–H groups in total. The van der Waals surface area contributed by atoms with Crippen molar-refractivity contribution in [2.45, 2.75) is 20.3 Å². The SMILES string of the molecule is CCNC(=O)Nc1cc(-c2nc(CC(C)CNC(=O)O)cs2)c(Br)cn1. The molecule has 26 heavy (non-hydrogen) atoms. The third-order valence-corrected chi connectivity index (χ3v) is 4.93. The number of pyridine rings is 1. The fraction of sp³-hybridized carbons (Fsp3) is 0.375. The molecular weight excluding hydrogens is 422 g/mol. The Morgan fingerprint density at radius 2 is 2.15 bits per heavy atom. The van der Waals surface area contributed by atoms with Crippen molar-refractivity contribution in [3.63, 3.8) is 0 Å². The fourth-order valence-corrected chi connectivity index (χ4v) is 3.61. The number of thiazole rings is 1. The van der Waals surface area contributed by atoms with Crippen molar-refractivity contribution in [3.05, 3.63) is 27.8 Å². The summed E-state index contributed by atoms with van der Waals surface area (Å²) in [6.07, 6.45) is 1.27. The highest BCUT2D eigenvalue weighted by molar-refractivity contribution is 9.10. The molecule has 1 unspecified atom stereocenters. The Kier molecular flexibility index (Phi) is 7.34. The number of anilines is 1. The molecule has 3 amide bonds. The lowest BCUT2D eigenvalue weighted by Gasteiger charge is -2.09. The van der Waals surface area contributed by atoms with Crippen molar-refractivity contribution >= 4 is 45.2 Å². The van der Waals surface area contributed by atoms with Crippen LogP contribution in [0, 0.1) is 5.92 Å². The molecule has 0 aromatic carbocycles. The van der Waals surface area contributed by atoms with Crippen LogP contribution in [0.4, 0.5) is 15.4 Å². The summed E-state index contributed by atoms with van der Waals surface area (Å²) in [5.41, 5.74) is 1.73. The lowest BCUT2D eigenvalue weighted by Crippen LogP contribution is -2.28. The van der Waals surface area contributed by atoms with Gasteiger partial charge in [0.1, 0.15) is 10.8 Å². The molecule has 0 aliphatic heterocycles. The molecule has 0 radical (unpaired) electrons. The van der Waals surface area contributed by atoms with Crippen molar-refractivity contribution in [2.75, 3.05) is 18.4 Å². The van der Waals surface area contributed by atoms with Gasteiger partial charge < -0.3 is 15.7 Å². The number of nitrogens with one attached hydrogen (secondary N) is 3. The molecule has 140 valence electrons. The Morgan fingerprint density at radius 3 is 2.85 bits per heavy atom. The highest BCUT2D eigenvalue weighted by Gasteiger charge is 2.13. The Balaban J connectivity index is 2.10. The molecule has 2 rings (SSSR count). The Hall–Kier alpha value is -2.20. The summed E-state index contributed by atoms with van der Waals surface area (Å²) in [4.78, 5) is 31.0. The van der Waals surface area contributed by atoms with Gasteiger partial charge in [-0.1, -0.05) is 6.92 Å². The molecule has 10 heteroatoms. The van der Waals surface area contributed by atoms with Crippen LogP contribution in [0.2, 0.25) is 0 Å². The van der Waals surface area contributed by atoms with E-state index in [1.807, 2.05) is 19.2 Å². The van der Waals surface area contributed by atoms with Crippen LogP contribution >= 0.6 is 27.3 Å². The van der Waals surface area contributed by atoms with Gasteiger partial charge in [-0.05, 0) is 41.3 Å². The van der Waals surface area contributed by atoms with E-state index in [9.17, 15) is 9.59 Å². The molecule has 8 nitrogen and oxygen atoms in total. The number of carbonyl (C=O) groups is 2. The van der Waals surface area contributed by atoms with E-state index < -0.39 is 6.09 Å². The van der Waals surface area contributed by atoms with Crippen LogP contribution in [-0.4, -0.2) is 40.3 Å². The highest BCUT2D eigenvalue weighted by Crippen LogP contribution is 2.32. The molecule has 0 saturated heterocycles. The van der Waals surface area contributed by atoms with Crippen molar-refractivity contribution in [2.24, 2.45) is 5.92 Å². The number of nitrogens with zero attached hydrogens (tertiary/aromatic N) is 2. The largest absolute Gasteiger partial charge is 0.465 e. The van der Waals surface area contributed by atoms with Crippen LogP contribution in [-0.2, 0) is 6.42 Å². The first kappa shape index (κ1) is 20.1. The second-order valence-corrected chi connectivity index (χ2v) is 7.39. The maximum absolute atomic E-state index is 11.6. The molecule has 1 atom stereocenters. The number of halogens is 1. The number of amides is 3. The van der Waals surface area contributed by atoms with Crippen molar-refractivity contribution in [1.29, 1.82) is 0 Å². The van der Waals surface area contributed by atoms with Crippen LogP contribution < -0.4 is 16.0 Å². The van der Waals surface area contributed by atoms with Gasteiger partial charge in [-0.2, -0.15) is 0 Å². The number of hydrogen-bond acceptors (Lipinski definition) is 5. The van der Waals surface area contributed by atoms with Gasteiger partial charge in [0, 0.05) is 34.7 Å². The summed E-state index contributed by atoms with van der Waals surface area (Å²) in [7, 11) is 0. The quantitative estimate of drug-likeness (QED) is 0.523. The molecule has 2 aromatic rings. The van der Waals surface area contributed by atoms with E-state index in [0.717, 1.165) is 20.7 Å². The zero-order valence-electron chi connectivity index (χ0n) is 14.4. The Bertz CT molecular complexity index is 783. The molecule has 0 saturated carbocycles. The van der Waals surface area contributed by atoms with Gasteiger partial charge in [0.25, 0.3) is 0 Å². The summed E-state index contributed by atoms with van der Waals surface area (Å²) >= 11 is 4.95. The Labute approximate surface area is 163 Å². The molecule has 2 heterocycles. The molecular formula is C16H20BrN5O3S. The van der Waals surface area contributed by atoms with Gasteiger partial charge in [0.05, 0.1) is 5.69 Å². The second-order valence-electron chi connectivity index (χ2n) is 5.67. The van der Waals surface area contributed by atoms with Crippen LogP contribution in [0.25, 0.3) is 10.6 Å². The fourth-order valence-electron chi connectivity index (χ4n) is 2.21. The normalized spacial score (nSPS) is 11.7. The molecule has 0 aliphatic carbocycles. The monoisotopic (exact) mass is 441 g/mol. The number of aromatic nitrogens is 2. The van der Waals surface area contributed by atoms with E-state index in [0.29, 0.717) is 25.3 Å². The van der Waals surface area contributed by atoms with Crippen molar-refractivity contribution < 1.29 is 14.7 Å². The predicted octanol–water partition coefficient (Wildman–Crippen LogP) is 3.56. The lowest BCUT2D eigenvalue weighted by atomic mass is 10.1. The lowest BCUT2D eigenvalue weighted by molar-refractivity contribution is 0.192. The number of carbonyl (C=O) groups excluding carboxylic acids is 1. The first-order valence-corrected chi connectivity index (χ1v) is 9.68. The Morgan fingerprint density at radius 1 is 1.38 bits per heavy atom. The van der Waals surface area contributed by atoms with E-state index in [4.69, 9.17) is 5.11 Å². The first-order valence-electron chi connectivity index (χ1n) is 8.01. The van der Waals surface area contributed by atoms with E-state index in [2.05, 4.69) is 41.8 Å². The molecule has 0 bridgehead atoms. The number of carboxylic acid groups (broad SMARTS) is 1. The van der Waals surface area contributed by atoms with Crippen LogP contribution in [0.15, 0.2) is 22.1 Å².